The number of thioether (sulfide) groups is 2. The zero-order valence-corrected chi connectivity index (χ0v) is 12.6. The van der Waals surface area contributed by atoms with Gasteiger partial charge in [0.1, 0.15) is 0 Å². The summed E-state index contributed by atoms with van der Waals surface area (Å²) in [4.78, 5) is 4.59. The van der Waals surface area contributed by atoms with Crippen LogP contribution in [0.1, 0.15) is 16.6 Å². The molecule has 104 valence electrons. The number of hydrogen-bond donors (Lipinski definition) is 1. The first-order chi connectivity index (χ1) is 9.90. The highest BCUT2D eigenvalue weighted by molar-refractivity contribution is 8.06. The van der Waals surface area contributed by atoms with Gasteiger partial charge in [0.15, 0.2) is 5.82 Å². The Balaban J connectivity index is 1.61. The zero-order chi connectivity index (χ0) is 13.4. The molecular formula is C14H15N3OS2. The zero-order valence-electron chi connectivity index (χ0n) is 11.0. The Hall–Kier alpha value is -1.14. The van der Waals surface area contributed by atoms with Crippen LogP contribution in [0.4, 0.5) is 5.69 Å². The van der Waals surface area contributed by atoms with Crippen molar-refractivity contribution in [3.05, 3.63) is 29.6 Å². The predicted octanol–water partition coefficient (Wildman–Crippen LogP) is 3.23. The van der Waals surface area contributed by atoms with Crippen LogP contribution in [-0.4, -0.2) is 33.9 Å². The van der Waals surface area contributed by atoms with Gasteiger partial charge in [0.25, 0.3) is 5.89 Å². The van der Waals surface area contributed by atoms with Gasteiger partial charge in [-0.1, -0.05) is 11.2 Å². The van der Waals surface area contributed by atoms with E-state index in [1.807, 2.05) is 23.5 Å². The first kappa shape index (κ1) is 12.6. The number of fused-ring (bicyclic) bond motifs is 1. The molecule has 20 heavy (non-hydrogen) atoms. The van der Waals surface area contributed by atoms with E-state index < -0.39 is 0 Å². The number of nitrogens with zero attached hydrogens (tertiary/aromatic N) is 2. The molecule has 0 spiro atoms. The molecule has 2 aromatic rings. The quantitative estimate of drug-likeness (QED) is 0.919. The Labute approximate surface area is 126 Å². The molecule has 0 amide bonds. The molecular weight excluding hydrogens is 290 g/mol. The predicted molar refractivity (Wildman–Crippen MR) is 84.5 cm³/mol. The van der Waals surface area contributed by atoms with Gasteiger partial charge < -0.3 is 9.84 Å². The molecule has 1 aromatic heterocycles. The Bertz CT molecular complexity index is 623. The summed E-state index contributed by atoms with van der Waals surface area (Å²) in [6.07, 6.45) is 1.10. The van der Waals surface area contributed by atoms with Gasteiger partial charge in [-0.3, -0.25) is 0 Å². The lowest BCUT2D eigenvalue weighted by Crippen LogP contribution is -2.07. The largest absolute Gasteiger partial charge is 0.384 e. The van der Waals surface area contributed by atoms with Crippen LogP contribution in [0.3, 0.4) is 0 Å². The third kappa shape index (κ3) is 2.31. The van der Waals surface area contributed by atoms with Gasteiger partial charge in [-0.25, -0.2) is 0 Å². The Morgan fingerprint density at radius 2 is 2.30 bits per heavy atom. The lowest BCUT2D eigenvalue weighted by molar-refractivity contribution is 0.423. The van der Waals surface area contributed by atoms with Gasteiger partial charge >= 0.3 is 0 Å². The van der Waals surface area contributed by atoms with Crippen LogP contribution in [0, 0.1) is 0 Å². The monoisotopic (exact) mass is 305 g/mol. The van der Waals surface area contributed by atoms with Crippen molar-refractivity contribution in [1.82, 2.24) is 10.1 Å². The van der Waals surface area contributed by atoms with E-state index in [1.54, 1.807) is 0 Å². The number of aromatic nitrogens is 2. The topological polar surface area (TPSA) is 51.0 Å². The van der Waals surface area contributed by atoms with E-state index in [9.17, 15) is 0 Å². The normalized spacial score (nSPS) is 21.5. The highest BCUT2D eigenvalue weighted by Gasteiger charge is 2.22. The van der Waals surface area contributed by atoms with Crippen LogP contribution in [0.15, 0.2) is 22.7 Å². The lowest BCUT2D eigenvalue weighted by Gasteiger charge is -2.16. The van der Waals surface area contributed by atoms with E-state index in [-0.39, 0.29) is 0 Å². The summed E-state index contributed by atoms with van der Waals surface area (Å²) >= 11 is 3.89. The maximum Gasteiger partial charge on any atom is 0.258 e. The van der Waals surface area contributed by atoms with Gasteiger partial charge in [0.05, 0.1) is 5.25 Å². The Kier molecular flexibility index (Phi) is 3.36. The molecule has 3 heterocycles. The standard InChI is InChI=1S/C14H15N3OS2/c1-2-10(7-11-9(1)3-4-15-11)14-16-13(17-18-14)12-8-19-5-6-20-12/h1-2,7,12,15H,3-6,8H2. The van der Waals surface area contributed by atoms with E-state index >= 15 is 0 Å². The van der Waals surface area contributed by atoms with Crippen molar-refractivity contribution in [3.8, 4) is 11.5 Å². The molecule has 0 bridgehead atoms. The Morgan fingerprint density at radius 1 is 1.30 bits per heavy atom. The molecule has 2 aliphatic heterocycles. The van der Waals surface area contributed by atoms with Crippen LogP contribution in [-0.2, 0) is 6.42 Å². The summed E-state index contributed by atoms with van der Waals surface area (Å²) in [5, 5.41) is 7.93. The van der Waals surface area contributed by atoms with Crippen molar-refractivity contribution in [2.24, 2.45) is 0 Å². The molecule has 1 atom stereocenters. The van der Waals surface area contributed by atoms with Crippen molar-refractivity contribution < 1.29 is 4.52 Å². The van der Waals surface area contributed by atoms with Crippen LogP contribution in [0.25, 0.3) is 11.5 Å². The number of nitrogens with one attached hydrogen (secondary N) is 1. The van der Waals surface area contributed by atoms with Crippen LogP contribution < -0.4 is 5.32 Å². The summed E-state index contributed by atoms with van der Waals surface area (Å²) in [6, 6.07) is 6.34. The average molecular weight is 305 g/mol. The summed E-state index contributed by atoms with van der Waals surface area (Å²) in [7, 11) is 0. The minimum Gasteiger partial charge on any atom is -0.384 e. The van der Waals surface area contributed by atoms with Crippen LogP contribution in [0.2, 0.25) is 0 Å². The fourth-order valence-corrected chi connectivity index (χ4v) is 5.13. The second kappa shape index (κ2) is 5.33. The number of hydrogen-bond acceptors (Lipinski definition) is 6. The van der Waals surface area contributed by atoms with Crippen molar-refractivity contribution in [1.29, 1.82) is 0 Å². The third-order valence-electron chi connectivity index (χ3n) is 3.61. The molecule has 1 saturated heterocycles. The first-order valence-electron chi connectivity index (χ1n) is 6.80. The lowest BCUT2D eigenvalue weighted by atomic mass is 10.1. The summed E-state index contributed by atoms with van der Waals surface area (Å²) in [6.45, 7) is 1.02. The number of rotatable bonds is 2. The van der Waals surface area contributed by atoms with Crippen molar-refractivity contribution in [3.63, 3.8) is 0 Å². The van der Waals surface area contributed by atoms with Crippen molar-refractivity contribution in [2.75, 3.05) is 29.1 Å². The van der Waals surface area contributed by atoms with Gasteiger partial charge in [-0.15, -0.1) is 11.8 Å². The fraction of sp³-hybridized carbons (Fsp3) is 0.429. The number of anilines is 1. The van der Waals surface area contributed by atoms with E-state index in [2.05, 4.69) is 33.7 Å². The summed E-state index contributed by atoms with van der Waals surface area (Å²) < 4.78 is 5.45. The highest BCUT2D eigenvalue weighted by Crippen LogP contribution is 2.36. The second-order valence-electron chi connectivity index (χ2n) is 4.94. The molecule has 1 aromatic carbocycles. The fourth-order valence-electron chi connectivity index (χ4n) is 2.54. The van der Waals surface area contributed by atoms with E-state index in [0.29, 0.717) is 11.1 Å². The smallest absolute Gasteiger partial charge is 0.258 e. The van der Waals surface area contributed by atoms with E-state index in [1.165, 1.54) is 22.8 Å². The SMILES string of the molecule is c1cc2c(cc1-c1nc(C3CSCCS3)no1)NCC2. The minimum atomic E-state index is 0.374. The second-order valence-corrected chi connectivity index (χ2v) is 7.40. The Morgan fingerprint density at radius 3 is 3.20 bits per heavy atom. The molecule has 4 nitrogen and oxygen atoms in total. The third-order valence-corrected chi connectivity index (χ3v) is 6.36. The molecule has 1 unspecified atom stereocenters. The first-order valence-corrected chi connectivity index (χ1v) is 9.00. The summed E-state index contributed by atoms with van der Waals surface area (Å²) in [5.74, 6) is 4.94. The number of benzene rings is 1. The molecule has 4 rings (SSSR count). The van der Waals surface area contributed by atoms with Gasteiger partial charge in [-0.05, 0) is 24.1 Å². The molecule has 1 N–H and O–H groups in total. The minimum absolute atomic E-state index is 0.374. The van der Waals surface area contributed by atoms with Gasteiger partial charge in [0.2, 0.25) is 0 Å². The van der Waals surface area contributed by atoms with Crippen molar-refractivity contribution in [2.45, 2.75) is 11.7 Å². The molecule has 1 fully saturated rings. The molecule has 0 radical (unpaired) electrons. The van der Waals surface area contributed by atoms with Crippen molar-refractivity contribution >= 4 is 29.2 Å². The summed E-state index contributed by atoms with van der Waals surface area (Å²) in [5.41, 5.74) is 3.57. The van der Waals surface area contributed by atoms with Gasteiger partial charge in [0, 0.05) is 35.1 Å². The molecule has 0 saturated carbocycles. The highest BCUT2D eigenvalue weighted by atomic mass is 32.2. The van der Waals surface area contributed by atoms with Crippen LogP contribution in [0.5, 0.6) is 0 Å². The van der Waals surface area contributed by atoms with E-state index in [0.717, 1.165) is 30.1 Å². The van der Waals surface area contributed by atoms with Gasteiger partial charge in [-0.2, -0.15) is 16.7 Å². The maximum atomic E-state index is 5.45. The molecule has 2 aliphatic rings. The average Bonchev–Trinajstić information content (AvgIpc) is 3.16. The van der Waals surface area contributed by atoms with E-state index in [4.69, 9.17) is 4.52 Å². The molecule has 0 aliphatic carbocycles. The maximum absolute atomic E-state index is 5.45. The molecule has 6 heteroatoms. The van der Waals surface area contributed by atoms with Crippen LogP contribution >= 0.6 is 23.5 Å².